The van der Waals surface area contributed by atoms with Crippen molar-refractivity contribution in [2.24, 2.45) is 5.92 Å². The van der Waals surface area contributed by atoms with Crippen LogP contribution in [-0.4, -0.2) is 29.3 Å². The van der Waals surface area contributed by atoms with Crippen molar-refractivity contribution in [2.75, 3.05) is 6.54 Å². The molecule has 0 saturated carbocycles. The van der Waals surface area contributed by atoms with Crippen LogP contribution in [0.4, 0.5) is 0 Å². The second kappa shape index (κ2) is 6.94. The molecule has 0 radical (unpaired) electrons. The second-order valence-corrected chi connectivity index (χ2v) is 6.28. The maximum Gasteiger partial charge on any atom is 0.242 e. The smallest absolute Gasteiger partial charge is 0.242 e. The fourth-order valence-corrected chi connectivity index (χ4v) is 2.54. The lowest BCUT2D eigenvalue weighted by atomic mass is 10.1. The number of hydrogen-bond acceptors (Lipinski definition) is 2. The predicted octanol–water partition coefficient (Wildman–Crippen LogP) is 2.60. The van der Waals surface area contributed by atoms with E-state index in [1.165, 1.54) is 0 Å². The second-order valence-electron chi connectivity index (χ2n) is 5.84. The van der Waals surface area contributed by atoms with Crippen molar-refractivity contribution in [3.8, 4) is 0 Å². The maximum absolute atomic E-state index is 12.2. The molecule has 114 valence electrons. The number of hydrogen-bond donors (Lipinski definition) is 1. The third-order valence-corrected chi connectivity index (χ3v) is 3.83. The van der Waals surface area contributed by atoms with Gasteiger partial charge in [-0.1, -0.05) is 37.6 Å². The van der Waals surface area contributed by atoms with Crippen LogP contribution in [0.15, 0.2) is 24.3 Å². The number of rotatable bonds is 5. The van der Waals surface area contributed by atoms with Gasteiger partial charge in [-0.05, 0) is 30.0 Å². The molecule has 0 bridgehead atoms. The number of nitrogens with zero attached hydrogens (tertiary/aromatic N) is 1. The Labute approximate surface area is 130 Å². The summed E-state index contributed by atoms with van der Waals surface area (Å²) in [6.45, 7) is 5.19. The van der Waals surface area contributed by atoms with Crippen LogP contribution in [0.25, 0.3) is 0 Å². The Morgan fingerprint density at radius 1 is 1.38 bits per heavy atom. The van der Waals surface area contributed by atoms with Gasteiger partial charge in [0.15, 0.2) is 0 Å². The van der Waals surface area contributed by atoms with E-state index in [4.69, 9.17) is 11.6 Å². The van der Waals surface area contributed by atoms with Gasteiger partial charge in [0, 0.05) is 24.5 Å². The fourth-order valence-electron chi connectivity index (χ4n) is 2.41. The molecule has 5 heteroatoms. The summed E-state index contributed by atoms with van der Waals surface area (Å²) in [4.78, 5) is 25.9. The van der Waals surface area contributed by atoms with Gasteiger partial charge in [0.2, 0.25) is 11.8 Å². The van der Waals surface area contributed by atoms with Crippen molar-refractivity contribution in [3.63, 3.8) is 0 Å². The molecule has 2 amide bonds. The van der Waals surface area contributed by atoms with Crippen LogP contribution < -0.4 is 5.32 Å². The maximum atomic E-state index is 12.2. The lowest BCUT2D eigenvalue weighted by Crippen LogP contribution is -2.45. The molecule has 21 heavy (non-hydrogen) atoms. The molecule has 1 aliphatic rings. The zero-order chi connectivity index (χ0) is 15.4. The molecule has 0 aromatic heterocycles. The van der Waals surface area contributed by atoms with E-state index in [0.29, 0.717) is 36.9 Å². The minimum absolute atomic E-state index is 0.0367. The molecular weight excluding hydrogens is 288 g/mol. The molecule has 1 aliphatic heterocycles. The van der Waals surface area contributed by atoms with Crippen molar-refractivity contribution in [3.05, 3.63) is 34.9 Å². The third-order valence-electron chi connectivity index (χ3n) is 3.58. The van der Waals surface area contributed by atoms with Crippen molar-refractivity contribution >= 4 is 23.4 Å². The van der Waals surface area contributed by atoms with Gasteiger partial charge in [-0.25, -0.2) is 0 Å². The molecule has 0 aliphatic carbocycles. The first kappa shape index (κ1) is 15.8. The van der Waals surface area contributed by atoms with Gasteiger partial charge < -0.3 is 10.2 Å². The Kier molecular flexibility index (Phi) is 5.23. The van der Waals surface area contributed by atoms with Crippen LogP contribution in [0, 0.1) is 5.92 Å². The first-order valence-electron chi connectivity index (χ1n) is 7.29. The Morgan fingerprint density at radius 2 is 2.05 bits per heavy atom. The average molecular weight is 309 g/mol. The molecule has 1 heterocycles. The first-order chi connectivity index (χ1) is 9.97. The topological polar surface area (TPSA) is 49.4 Å². The van der Waals surface area contributed by atoms with Crippen LogP contribution in [0.3, 0.4) is 0 Å². The molecule has 1 N–H and O–H groups in total. The molecule has 1 saturated heterocycles. The van der Waals surface area contributed by atoms with E-state index in [-0.39, 0.29) is 17.9 Å². The van der Waals surface area contributed by atoms with Crippen LogP contribution >= 0.6 is 11.6 Å². The third kappa shape index (κ3) is 4.21. The normalized spacial score (nSPS) is 18.4. The van der Waals surface area contributed by atoms with Crippen LogP contribution in [0.2, 0.25) is 5.02 Å². The van der Waals surface area contributed by atoms with E-state index in [9.17, 15) is 9.59 Å². The fraction of sp³-hybridized carbons (Fsp3) is 0.500. The standard InChI is InChI=1S/C16H21ClN2O2/c1-11(2)9-18-16(21)14-7-8-15(20)19(14)10-12-3-5-13(17)6-4-12/h3-6,11,14H,7-10H2,1-2H3,(H,18,21)/t14-/m1/s1. The number of nitrogens with one attached hydrogen (secondary N) is 1. The summed E-state index contributed by atoms with van der Waals surface area (Å²) in [7, 11) is 0. The van der Waals surface area contributed by atoms with E-state index in [1.54, 1.807) is 17.0 Å². The minimum atomic E-state index is -0.355. The summed E-state index contributed by atoms with van der Waals surface area (Å²) in [6.07, 6.45) is 1.03. The lowest BCUT2D eigenvalue weighted by Gasteiger charge is -2.24. The van der Waals surface area contributed by atoms with Crippen molar-refractivity contribution in [1.29, 1.82) is 0 Å². The molecular formula is C16H21ClN2O2. The summed E-state index contributed by atoms with van der Waals surface area (Å²) in [5.74, 6) is 0.383. The summed E-state index contributed by atoms with van der Waals surface area (Å²) in [5, 5.41) is 3.58. The number of halogens is 1. The summed E-state index contributed by atoms with van der Waals surface area (Å²) in [6, 6.07) is 7.01. The van der Waals surface area contributed by atoms with Gasteiger partial charge in [-0.15, -0.1) is 0 Å². The predicted molar refractivity (Wildman–Crippen MR) is 82.9 cm³/mol. The van der Waals surface area contributed by atoms with Crippen LogP contribution in [-0.2, 0) is 16.1 Å². The minimum Gasteiger partial charge on any atom is -0.354 e. The van der Waals surface area contributed by atoms with Crippen LogP contribution in [0.1, 0.15) is 32.3 Å². The molecule has 1 fully saturated rings. The van der Waals surface area contributed by atoms with Gasteiger partial charge >= 0.3 is 0 Å². The van der Waals surface area contributed by atoms with Gasteiger partial charge in [0.05, 0.1) is 0 Å². The Hall–Kier alpha value is -1.55. The zero-order valence-corrected chi connectivity index (χ0v) is 13.2. The zero-order valence-electron chi connectivity index (χ0n) is 12.4. The highest BCUT2D eigenvalue weighted by Gasteiger charge is 2.35. The van der Waals surface area contributed by atoms with Crippen molar-refractivity contribution in [1.82, 2.24) is 10.2 Å². The lowest BCUT2D eigenvalue weighted by molar-refractivity contribution is -0.135. The van der Waals surface area contributed by atoms with Gasteiger partial charge in [-0.2, -0.15) is 0 Å². The molecule has 1 atom stereocenters. The average Bonchev–Trinajstić information content (AvgIpc) is 2.80. The Balaban J connectivity index is 2.02. The van der Waals surface area contributed by atoms with Crippen LogP contribution in [0.5, 0.6) is 0 Å². The highest BCUT2D eigenvalue weighted by molar-refractivity contribution is 6.30. The highest BCUT2D eigenvalue weighted by atomic mass is 35.5. The number of amides is 2. The van der Waals surface area contributed by atoms with Crippen molar-refractivity contribution in [2.45, 2.75) is 39.3 Å². The first-order valence-corrected chi connectivity index (χ1v) is 7.67. The van der Waals surface area contributed by atoms with Gasteiger partial charge in [0.1, 0.15) is 6.04 Å². The van der Waals surface area contributed by atoms with E-state index in [1.807, 2.05) is 26.0 Å². The summed E-state index contributed by atoms with van der Waals surface area (Å²) >= 11 is 5.86. The SMILES string of the molecule is CC(C)CNC(=O)[C@H]1CCC(=O)N1Cc1ccc(Cl)cc1. The Bertz CT molecular complexity index is 514. The largest absolute Gasteiger partial charge is 0.354 e. The molecule has 1 aromatic rings. The van der Waals surface area contributed by atoms with Crippen molar-refractivity contribution < 1.29 is 9.59 Å². The highest BCUT2D eigenvalue weighted by Crippen LogP contribution is 2.22. The monoisotopic (exact) mass is 308 g/mol. The summed E-state index contributed by atoms with van der Waals surface area (Å²) < 4.78 is 0. The Morgan fingerprint density at radius 3 is 2.67 bits per heavy atom. The molecule has 1 aromatic carbocycles. The molecule has 2 rings (SSSR count). The summed E-state index contributed by atoms with van der Waals surface area (Å²) in [5.41, 5.74) is 0.983. The van der Waals surface area contributed by atoms with E-state index >= 15 is 0 Å². The number of likely N-dealkylation sites (tertiary alicyclic amines) is 1. The molecule has 4 nitrogen and oxygen atoms in total. The van der Waals surface area contributed by atoms with E-state index < -0.39 is 0 Å². The quantitative estimate of drug-likeness (QED) is 0.909. The molecule has 0 unspecified atom stereocenters. The number of carbonyl (C=O) groups excluding carboxylic acids is 2. The van der Waals surface area contributed by atoms with Gasteiger partial charge in [-0.3, -0.25) is 9.59 Å². The number of carbonyl (C=O) groups is 2. The van der Waals surface area contributed by atoms with E-state index in [0.717, 1.165) is 5.56 Å². The van der Waals surface area contributed by atoms with Gasteiger partial charge in [0.25, 0.3) is 0 Å². The molecule has 0 spiro atoms. The number of benzene rings is 1. The van der Waals surface area contributed by atoms with E-state index in [2.05, 4.69) is 5.32 Å².